The Morgan fingerprint density at radius 2 is 1.94 bits per heavy atom. The molecule has 0 saturated carbocycles. The van der Waals surface area contributed by atoms with Crippen LogP contribution in [0.5, 0.6) is 5.75 Å². The van der Waals surface area contributed by atoms with Crippen LogP contribution in [0.2, 0.25) is 10.0 Å². The van der Waals surface area contributed by atoms with Crippen molar-refractivity contribution in [2.45, 2.75) is 20.3 Å². The second-order valence-corrected chi connectivity index (χ2v) is 6.64. The second-order valence-electron chi connectivity index (χ2n) is 4.10. The van der Waals surface area contributed by atoms with Crippen molar-refractivity contribution in [3.63, 3.8) is 0 Å². The Bertz CT molecular complexity index is 483. The lowest BCUT2D eigenvalue weighted by Crippen LogP contribution is -2.15. The molecule has 0 radical (unpaired) electrons. The van der Waals surface area contributed by atoms with Crippen molar-refractivity contribution in [1.82, 2.24) is 0 Å². The third-order valence-corrected chi connectivity index (χ3v) is 3.76. The standard InChI is InChI=1S/C11H14Cl2O3S/c1-8(2)5-6-17(14,15)16-11-4-3-9(12)7-10(11)13/h3-4,7-8H,5-6H2,1-2H3. The number of halogens is 2. The van der Waals surface area contributed by atoms with E-state index in [0.29, 0.717) is 17.4 Å². The predicted molar refractivity (Wildman–Crippen MR) is 70.3 cm³/mol. The molecule has 0 aliphatic rings. The van der Waals surface area contributed by atoms with Crippen molar-refractivity contribution in [3.05, 3.63) is 28.2 Å². The maximum absolute atomic E-state index is 11.6. The molecule has 1 aromatic carbocycles. The van der Waals surface area contributed by atoms with E-state index in [-0.39, 0.29) is 16.5 Å². The molecule has 96 valence electrons. The maximum Gasteiger partial charge on any atom is 0.309 e. The molecule has 0 aliphatic heterocycles. The normalized spacial score (nSPS) is 11.8. The lowest BCUT2D eigenvalue weighted by molar-refractivity contribution is 0.477. The lowest BCUT2D eigenvalue weighted by Gasteiger charge is -2.09. The number of hydrogen-bond acceptors (Lipinski definition) is 3. The summed E-state index contributed by atoms with van der Waals surface area (Å²) in [7, 11) is -3.59. The minimum absolute atomic E-state index is 0.0242. The molecule has 6 heteroatoms. The molecule has 3 nitrogen and oxygen atoms in total. The average molecular weight is 297 g/mol. The highest BCUT2D eigenvalue weighted by atomic mass is 35.5. The molecule has 0 aliphatic carbocycles. The van der Waals surface area contributed by atoms with E-state index >= 15 is 0 Å². The zero-order valence-corrected chi connectivity index (χ0v) is 11.9. The molecule has 1 rings (SSSR count). The largest absolute Gasteiger partial charge is 0.381 e. The van der Waals surface area contributed by atoms with Crippen LogP contribution in [0.4, 0.5) is 0 Å². The smallest absolute Gasteiger partial charge is 0.309 e. The van der Waals surface area contributed by atoms with Crippen molar-refractivity contribution in [1.29, 1.82) is 0 Å². The molecule has 0 fully saturated rings. The zero-order valence-electron chi connectivity index (χ0n) is 9.61. The third kappa shape index (κ3) is 5.15. The summed E-state index contributed by atoms with van der Waals surface area (Å²) < 4.78 is 28.2. The Morgan fingerprint density at radius 1 is 1.29 bits per heavy atom. The van der Waals surface area contributed by atoms with Gasteiger partial charge in [0.1, 0.15) is 0 Å². The first-order valence-electron chi connectivity index (χ1n) is 5.17. The second kappa shape index (κ2) is 5.94. The molecule has 17 heavy (non-hydrogen) atoms. The fourth-order valence-electron chi connectivity index (χ4n) is 1.10. The van der Waals surface area contributed by atoms with Crippen LogP contribution < -0.4 is 4.18 Å². The molecule has 1 aromatic rings. The molecule has 0 aromatic heterocycles. The molecule has 0 heterocycles. The SMILES string of the molecule is CC(C)CCS(=O)(=O)Oc1ccc(Cl)cc1Cl. The first-order chi connectivity index (χ1) is 7.80. The van der Waals surface area contributed by atoms with Gasteiger partial charge in [-0.25, -0.2) is 0 Å². The zero-order chi connectivity index (χ0) is 13.1. The Hall–Kier alpha value is -0.450. The summed E-state index contributed by atoms with van der Waals surface area (Å²) in [6.07, 6.45) is 0.549. The highest BCUT2D eigenvalue weighted by Crippen LogP contribution is 2.28. The van der Waals surface area contributed by atoms with E-state index in [1.165, 1.54) is 18.2 Å². The molecule has 0 saturated heterocycles. The van der Waals surface area contributed by atoms with Gasteiger partial charge in [-0.15, -0.1) is 0 Å². The average Bonchev–Trinajstić information content (AvgIpc) is 2.20. The van der Waals surface area contributed by atoms with Gasteiger partial charge in [-0.3, -0.25) is 0 Å². The summed E-state index contributed by atoms with van der Waals surface area (Å²) in [4.78, 5) is 0. The van der Waals surface area contributed by atoms with Crippen LogP contribution in [-0.2, 0) is 10.1 Å². The van der Waals surface area contributed by atoms with Gasteiger partial charge in [0.25, 0.3) is 0 Å². The van der Waals surface area contributed by atoms with E-state index < -0.39 is 10.1 Å². The first kappa shape index (κ1) is 14.6. The van der Waals surface area contributed by atoms with Gasteiger partial charge in [0.15, 0.2) is 5.75 Å². The summed E-state index contributed by atoms with van der Waals surface area (Å²) in [5.74, 6) is 0.387. The fourth-order valence-corrected chi connectivity index (χ4v) is 2.86. The molecule has 0 atom stereocenters. The fraction of sp³-hybridized carbons (Fsp3) is 0.455. The molecular formula is C11H14Cl2O3S. The van der Waals surface area contributed by atoms with Crippen LogP contribution in [0.15, 0.2) is 18.2 Å². The van der Waals surface area contributed by atoms with Gasteiger partial charge in [-0.1, -0.05) is 37.0 Å². The van der Waals surface area contributed by atoms with Gasteiger partial charge in [-0.2, -0.15) is 8.42 Å². The van der Waals surface area contributed by atoms with E-state index in [0.717, 1.165) is 0 Å². The summed E-state index contributed by atoms with van der Waals surface area (Å²) in [5.41, 5.74) is 0. The van der Waals surface area contributed by atoms with Crippen molar-refractivity contribution < 1.29 is 12.6 Å². The van der Waals surface area contributed by atoms with Gasteiger partial charge < -0.3 is 4.18 Å². The van der Waals surface area contributed by atoms with E-state index in [9.17, 15) is 8.42 Å². The van der Waals surface area contributed by atoms with Crippen LogP contribution in [-0.4, -0.2) is 14.2 Å². The van der Waals surface area contributed by atoms with Crippen molar-refractivity contribution in [2.24, 2.45) is 5.92 Å². The summed E-state index contributed by atoms with van der Waals surface area (Å²) >= 11 is 11.5. The van der Waals surface area contributed by atoms with Crippen molar-refractivity contribution in [3.8, 4) is 5.75 Å². The first-order valence-corrected chi connectivity index (χ1v) is 7.51. The van der Waals surface area contributed by atoms with Crippen LogP contribution in [0, 0.1) is 5.92 Å². The quantitative estimate of drug-likeness (QED) is 0.777. The molecular weight excluding hydrogens is 283 g/mol. The molecule has 0 spiro atoms. The van der Waals surface area contributed by atoms with Gasteiger partial charge >= 0.3 is 10.1 Å². The monoisotopic (exact) mass is 296 g/mol. The van der Waals surface area contributed by atoms with Gasteiger partial charge in [0, 0.05) is 5.02 Å². The summed E-state index contributed by atoms with van der Waals surface area (Å²) in [5, 5.41) is 0.618. The highest BCUT2D eigenvalue weighted by Gasteiger charge is 2.15. The minimum atomic E-state index is -3.59. The van der Waals surface area contributed by atoms with Crippen molar-refractivity contribution in [2.75, 3.05) is 5.75 Å². The van der Waals surface area contributed by atoms with E-state index in [1.54, 1.807) is 0 Å². The molecule has 0 unspecified atom stereocenters. The summed E-state index contributed by atoms with van der Waals surface area (Å²) in [6, 6.07) is 4.41. The highest BCUT2D eigenvalue weighted by molar-refractivity contribution is 7.87. The number of rotatable bonds is 5. The molecule has 0 N–H and O–H groups in total. The van der Waals surface area contributed by atoms with Crippen LogP contribution in [0.1, 0.15) is 20.3 Å². The van der Waals surface area contributed by atoms with E-state index in [4.69, 9.17) is 27.4 Å². The molecule has 0 bridgehead atoms. The lowest BCUT2D eigenvalue weighted by atomic mass is 10.2. The van der Waals surface area contributed by atoms with Gasteiger partial charge in [-0.05, 0) is 30.5 Å². The minimum Gasteiger partial charge on any atom is -0.381 e. The van der Waals surface area contributed by atoms with E-state index in [1.807, 2.05) is 13.8 Å². The van der Waals surface area contributed by atoms with E-state index in [2.05, 4.69) is 0 Å². The third-order valence-electron chi connectivity index (χ3n) is 2.06. The van der Waals surface area contributed by atoms with Crippen LogP contribution >= 0.6 is 23.2 Å². The predicted octanol–water partition coefficient (Wildman–Crippen LogP) is 3.75. The van der Waals surface area contributed by atoms with Crippen LogP contribution in [0.3, 0.4) is 0 Å². The Kier molecular flexibility index (Phi) is 5.10. The maximum atomic E-state index is 11.6. The van der Waals surface area contributed by atoms with Crippen LogP contribution in [0.25, 0.3) is 0 Å². The van der Waals surface area contributed by atoms with Gasteiger partial charge in [0.05, 0.1) is 10.8 Å². The number of benzene rings is 1. The topological polar surface area (TPSA) is 43.4 Å². The molecule has 0 amide bonds. The number of hydrogen-bond donors (Lipinski definition) is 0. The summed E-state index contributed by atoms with van der Waals surface area (Å²) in [6.45, 7) is 3.90. The Labute approximate surface area is 112 Å². The Balaban J connectivity index is 2.76. The van der Waals surface area contributed by atoms with Crippen molar-refractivity contribution >= 4 is 33.3 Å². The Morgan fingerprint density at radius 3 is 2.47 bits per heavy atom. The van der Waals surface area contributed by atoms with Gasteiger partial charge in [0.2, 0.25) is 0 Å².